The van der Waals surface area contributed by atoms with Gasteiger partial charge in [0.25, 0.3) is 0 Å². The van der Waals surface area contributed by atoms with Gasteiger partial charge in [-0.2, -0.15) is 0 Å². The average Bonchev–Trinajstić information content (AvgIpc) is 2.22. The molecular formula is C13H20BrClN2O. The van der Waals surface area contributed by atoms with Crippen molar-refractivity contribution in [1.29, 1.82) is 0 Å². The number of amides is 1. The Bertz CT molecular complexity index is 410. The summed E-state index contributed by atoms with van der Waals surface area (Å²) in [5.74, 6) is 0.287. The van der Waals surface area contributed by atoms with Crippen LogP contribution in [0.5, 0.6) is 0 Å². The topological polar surface area (TPSA) is 55.1 Å². The van der Waals surface area contributed by atoms with Gasteiger partial charge in [-0.1, -0.05) is 35.8 Å². The van der Waals surface area contributed by atoms with E-state index in [1.165, 1.54) is 0 Å². The van der Waals surface area contributed by atoms with Gasteiger partial charge in [-0.25, -0.2) is 0 Å². The molecular weight excluding hydrogens is 316 g/mol. The lowest BCUT2D eigenvalue weighted by Crippen LogP contribution is -2.36. The van der Waals surface area contributed by atoms with Crippen molar-refractivity contribution in [3.63, 3.8) is 0 Å². The molecule has 0 saturated carbocycles. The van der Waals surface area contributed by atoms with E-state index in [1.54, 1.807) is 0 Å². The Morgan fingerprint density at radius 3 is 2.56 bits per heavy atom. The van der Waals surface area contributed by atoms with Crippen LogP contribution in [0.4, 0.5) is 5.69 Å². The van der Waals surface area contributed by atoms with Crippen molar-refractivity contribution in [3.8, 4) is 0 Å². The van der Waals surface area contributed by atoms with E-state index in [4.69, 9.17) is 5.73 Å². The zero-order valence-corrected chi connectivity index (χ0v) is 13.3. The maximum atomic E-state index is 11.8. The Labute approximate surface area is 123 Å². The summed E-state index contributed by atoms with van der Waals surface area (Å²) in [7, 11) is 0. The lowest BCUT2D eigenvalue weighted by Gasteiger charge is -2.14. The number of rotatable bonds is 4. The summed E-state index contributed by atoms with van der Waals surface area (Å²) >= 11 is 3.43. The molecule has 5 heteroatoms. The number of nitrogens with one attached hydrogen (secondary N) is 1. The van der Waals surface area contributed by atoms with Crippen LogP contribution in [0.3, 0.4) is 0 Å². The van der Waals surface area contributed by atoms with Gasteiger partial charge in [0.1, 0.15) is 0 Å². The summed E-state index contributed by atoms with van der Waals surface area (Å²) in [6.07, 6.45) is 0.693. The number of nitrogens with two attached hydrogens (primary N) is 1. The normalized spacial score (nSPS) is 11.9. The Kier molecular flexibility index (Phi) is 7.52. The van der Waals surface area contributed by atoms with Crippen molar-refractivity contribution in [3.05, 3.63) is 28.2 Å². The molecule has 0 heterocycles. The highest BCUT2D eigenvalue weighted by atomic mass is 79.9. The summed E-state index contributed by atoms with van der Waals surface area (Å²) in [5.41, 5.74) is 7.71. The third-order valence-electron chi connectivity index (χ3n) is 2.50. The highest BCUT2D eigenvalue weighted by molar-refractivity contribution is 9.10. The van der Waals surface area contributed by atoms with E-state index in [1.807, 2.05) is 25.1 Å². The lowest BCUT2D eigenvalue weighted by molar-refractivity contribution is -0.117. The summed E-state index contributed by atoms with van der Waals surface area (Å²) in [5, 5.41) is 2.82. The number of benzene rings is 1. The number of halogens is 2. The molecule has 0 saturated heterocycles. The zero-order valence-electron chi connectivity index (χ0n) is 10.9. The second kappa shape index (κ2) is 7.77. The monoisotopic (exact) mass is 334 g/mol. The van der Waals surface area contributed by atoms with Crippen LogP contribution in [0.1, 0.15) is 25.8 Å². The van der Waals surface area contributed by atoms with Crippen LogP contribution in [0.25, 0.3) is 0 Å². The number of anilines is 1. The van der Waals surface area contributed by atoms with Gasteiger partial charge in [0.05, 0.1) is 6.04 Å². The molecule has 0 aromatic heterocycles. The summed E-state index contributed by atoms with van der Waals surface area (Å²) in [6, 6.07) is 5.26. The van der Waals surface area contributed by atoms with Crippen LogP contribution >= 0.6 is 28.3 Å². The van der Waals surface area contributed by atoms with Crippen molar-refractivity contribution in [2.45, 2.75) is 33.2 Å². The maximum absolute atomic E-state index is 11.8. The van der Waals surface area contributed by atoms with E-state index in [0.29, 0.717) is 12.3 Å². The molecule has 1 rings (SSSR count). The Hall–Kier alpha value is -0.580. The number of carbonyl (C=O) groups is 1. The molecule has 0 aliphatic heterocycles. The third kappa shape index (κ3) is 5.38. The van der Waals surface area contributed by atoms with Crippen molar-refractivity contribution in [2.24, 2.45) is 11.7 Å². The molecule has 0 aliphatic rings. The summed E-state index contributed by atoms with van der Waals surface area (Å²) < 4.78 is 0.979. The van der Waals surface area contributed by atoms with E-state index < -0.39 is 6.04 Å². The molecule has 102 valence electrons. The first-order chi connectivity index (χ1) is 7.90. The zero-order chi connectivity index (χ0) is 13.0. The molecule has 1 aromatic carbocycles. The SMILES string of the molecule is Cc1ccc(NC(=O)[C@@H](N)CC(C)C)cc1Br.Cl. The largest absolute Gasteiger partial charge is 0.325 e. The van der Waals surface area contributed by atoms with Crippen LogP contribution < -0.4 is 11.1 Å². The Balaban J connectivity index is 0.00000289. The van der Waals surface area contributed by atoms with Crippen LogP contribution in [-0.2, 0) is 4.79 Å². The minimum Gasteiger partial charge on any atom is -0.325 e. The van der Waals surface area contributed by atoms with Gasteiger partial charge >= 0.3 is 0 Å². The third-order valence-corrected chi connectivity index (χ3v) is 3.36. The first-order valence-electron chi connectivity index (χ1n) is 5.72. The molecule has 1 amide bonds. The molecule has 0 radical (unpaired) electrons. The highest BCUT2D eigenvalue weighted by Crippen LogP contribution is 2.20. The number of aryl methyl sites for hydroxylation is 1. The van der Waals surface area contributed by atoms with Gasteiger partial charge < -0.3 is 11.1 Å². The van der Waals surface area contributed by atoms with E-state index in [2.05, 4.69) is 35.1 Å². The second-order valence-corrected chi connectivity index (χ2v) is 5.54. The van der Waals surface area contributed by atoms with Crippen LogP contribution in [0, 0.1) is 12.8 Å². The van der Waals surface area contributed by atoms with Crippen LogP contribution in [0.15, 0.2) is 22.7 Å². The van der Waals surface area contributed by atoms with Crippen molar-refractivity contribution < 1.29 is 4.79 Å². The number of hydrogen-bond donors (Lipinski definition) is 2. The molecule has 3 N–H and O–H groups in total. The van der Waals surface area contributed by atoms with Gasteiger partial charge in [0.15, 0.2) is 0 Å². The summed E-state index contributed by atoms with van der Waals surface area (Å²) in [4.78, 5) is 11.8. The maximum Gasteiger partial charge on any atom is 0.241 e. The fourth-order valence-corrected chi connectivity index (χ4v) is 1.90. The van der Waals surface area contributed by atoms with Crippen LogP contribution in [0.2, 0.25) is 0 Å². The number of carbonyl (C=O) groups excluding carboxylic acids is 1. The fraction of sp³-hybridized carbons (Fsp3) is 0.462. The van der Waals surface area contributed by atoms with Gasteiger partial charge in [0.2, 0.25) is 5.91 Å². The molecule has 18 heavy (non-hydrogen) atoms. The van der Waals surface area contributed by atoms with Crippen LogP contribution in [-0.4, -0.2) is 11.9 Å². The molecule has 0 spiro atoms. The fourth-order valence-electron chi connectivity index (χ4n) is 1.52. The number of hydrogen-bond acceptors (Lipinski definition) is 2. The molecule has 1 aromatic rings. The predicted octanol–water partition coefficient (Wildman–Crippen LogP) is 3.49. The molecule has 0 unspecified atom stereocenters. The van der Waals surface area contributed by atoms with Crippen molar-refractivity contribution in [2.75, 3.05) is 5.32 Å². The predicted molar refractivity (Wildman–Crippen MR) is 82.2 cm³/mol. The average molecular weight is 336 g/mol. The minimum absolute atomic E-state index is 0. The lowest BCUT2D eigenvalue weighted by atomic mass is 10.0. The highest BCUT2D eigenvalue weighted by Gasteiger charge is 2.15. The van der Waals surface area contributed by atoms with Crippen molar-refractivity contribution >= 4 is 39.9 Å². The molecule has 1 atom stereocenters. The van der Waals surface area contributed by atoms with Gasteiger partial charge in [0, 0.05) is 10.2 Å². The van der Waals surface area contributed by atoms with E-state index in [0.717, 1.165) is 15.7 Å². The minimum atomic E-state index is -0.449. The van der Waals surface area contributed by atoms with Crippen molar-refractivity contribution in [1.82, 2.24) is 0 Å². The first-order valence-corrected chi connectivity index (χ1v) is 6.52. The van der Waals surface area contributed by atoms with Gasteiger partial charge in [-0.15, -0.1) is 12.4 Å². The molecule has 0 bridgehead atoms. The van der Waals surface area contributed by atoms with Gasteiger partial charge in [-0.3, -0.25) is 4.79 Å². The second-order valence-electron chi connectivity index (χ2n) is 4.69. The standard InChI is InChI=1S/C13H19BrN2O.ClH/c1-8(2)6-12(15)13(17)16-10-5-4-9(3)11(14)7-10;/h4-5,7-8,12H,6,15H2,1-3H3,(H,16,17);1H/t12-;/m0./s1. The Morgan fingerprint density at radius 2 is 2.06 bits per heavy atom. The molecule has 3 nitrogen and oxygen atoms in total. The molecule has 0 aliphatic carbocycles. The molecule has 0 fully saturated rings. The van der Waals surface area contributed by atoms with E-state index >= 15 is 0 Å². The summed E-state index contributed by atoms with van der Waals surface area (Å²) in [6.45, 7) is 6.10. The Morgan fingerprint density at radius 1 is 1.44 bits per heavy atom. The first kappa shape index (κ1) is 17.4. The quantitative estimate of drug-likeness (QED) is 0.885. The van der Waals surface area contributed by atoms with E-state index in [9.17, 15) is 4.79 Å². The van der Waals surface area contributed by atoms with E-state index in [-0.39, 0.29) is 18.3 Å². The van der Waals surface area contributed by atoms with Gasteiger partial charge in [-0.05, 0) is 37.0 Å². The smallest absolute Gasteiger partial charge is 0.241 e.